The van der Waals surface area contributed by atoms with E-state index in [1.54, 1.807) is 0 Å². The Kier molecular flexibility index (Phi) is 1.16. The van der Waals surface area contributed by atoms with Crippen LogP contribution in [0.2, 0.25) is 13.6 Å². The van der Waals surface area contributed by atoms with Crippen LogP contribution in [0, 0.1) is 0 Å². The van der Waals surface area contributed by atoms with Crippen molar-refractivity contribution in [2.24, 2.45) is 0 Å². The molecule has 3 heteroatoms. The Morgan fingerprint density at radius 2 is 1.45 bits per heavy atom. The fourth-order valence-corrected chi connectivity index (χ4v) is 1.28. The molecule has 0 atom stereocenters. The van der Waals surface area contributed by atoms with E-state index in [-0.39, 0.29) is 0 Å². The van der Waals surface area contributed by atoms with E-state index in [2.05, 4.69) is 0 Å². The molecule has 0 radical (unpaired) electrons. The van der Waals surface area contributed by atoms with E-state index in [0.29, 0.717) is 0 Å². The molecular formula is C8H10BO2-. The largest absolute Gasteiger partial charge is 0.681 e. The molecule has 0 fully saturated rings. The average Bonchev–Trinajstić information content (AvgIpc) is 2.21. The zero-order valence-electron chi connectivity index (χ0n) is 6.70. The van der Waals surface area contributed by atoms with Gasteiger partial charge in [0.2, 0.25) is 0 Å². The highest BCUT2D eigenvalue weighted by Crippen LogP contribution is 2.36. The molecule has 0 aromatic heterocycles. The maximum atomic E-state index is 5.53. The highest BCUT2D eigenvalue weighted by atomic mass is 16.6. The van der Waals surface area contributed by atoms with Gasteiger partial charge in [-0.2, -0.15) is 0 Å². The van der Waals surface area contributed by atoms with Crippen LogP contribution in [-0.4, -0.2) is 6.55 Å². The molecule has 2 rings (SSSR count). The average molecular weight is 149 g/mol. The summed E-state index contributed by atoms with van der Waals surface area (Å²) in [5.74, 6) is 1.72. The van der Waals surface area contributed by atoms with E-state index in [0.717, 1.165) is 11.5 Å². The van der Waals surface area contributed by atoms with Gasteiger partial charge >= 0.3 is 6.55 Å². The molecule has 58 valence electrons. The van der Waals surface area contributed by atoms with Crippen LogP contribution in [0.1, 0.15) is 0 Å². The van der Waals surface area contributed by atoms with Gasteiger partial charge in [0.25, 0.3) is 0 Å². The van der Waals surface area contributed by atoms with Gasteiger partial charge in [0.05, 0.1) is 0 Å². The fraction of sp³-hybridized carbons (Fsp3) is 0.250. The quantitative estimate of drug-likeness (QED) is 0.526. The van der Waals surface area contributed by atoms with E-state index in [4.69, 9.17) is 9.31 Å². The SMILES string of the molecule is C[B-]1(C)Oc2ccccc2O1. The summed E-state index contributed by atoms with van der Waals surface area (Å²) in [7, 11) is 0. The highest BCUT2D eigenvalue weighted by Gasteiger charge is 2.25. The number of rotatable bonds is 0. The van der Waals surface area contributed by atoms with Crippen molar-refractivity contribution in [1.82, 2.24) is 0 Å². The van der Waals surface area contributed by atoms with Gasteiger partial charge in [0.15, 0.2) is 0 Å². The summed E-state index contributed by atoms with van der Waals surface area (Å²) in [6.45, 7) is 2.81. The topological polar surface area (TPSA) is 18.5 Å². The first-order valence-electron chi connectivity index (χ1n) is 3.86. The van der Waals surface area contributed by atoms with Crippen LogP contribution in [-0.2, 0) is 0 Å². The fourth-order valence-electron chi connectivity index (χ4n) is 1.28. The number of hydrogen-bond donors (Lipinski definition) is 0. The summed E-state index contributed by atoms with van der Waals surface area (Å²) in [4.78, 5) is 0. The van der Waals surface area contributed by atoms with Crippen molar-refractivity contribution in [3.05, 3.63) is 24.3 Å². The van der Waals surface area contributed by atoms with Gasteiger partial charge < -0.3 is 9.31 Å². The maximum absolute atomic E-state index is 5.53. The minimum atomic E-state index is -1.10. The van der Waals surface area contributed by atoms with Gasteiger partial charge in [-0.25, -0.2) is 0 Å². The van der Waals surface area contributed by atoms with E-state index < -0.39 is 6.55 Å². The first-order chi connectivity index (χ1) is 5.17. The van der Waals surface area contributed by atoms with E-state index in [1.807, 2.05) is 37.9 Å². The Morgan fingerprint density at radius 3 is 1.91 bits per heavy atom. The second-order valence-corrected chi connectivity index (χ2v) is 3.30. The summed E-state index contributed by atoms with van der Waals surface area (Å²) >= 11 is 0. The van der Waals surface area contributed by atoms with Gasteiger partial charge in [-0.05, 0) is 12.1 Å². The minimum absolute atomic E-state index is 0.859. The monoisotopic (exact) mass is 149 g/mol. The Balaban J connectivity index is 2.41. The molecule has 0 unspecified atom stereocenters. The van der Waals surface area contributed by atoms with Gasteiger partial charge in [-0.15, -0.1) is 13.6 Å². The van der Waals surface area contributed by atoms with Gasteiger partial charge in [-0.3, -0.25) is 0 Å². The molecule has 0 saturated heterocycles. The molecule has 0 bridgehead atoms. The van der Waals surface area contributed by atoms with Crippen LogP contribution in [0.15, 0.2) is 24.3 Å². The number of hydrogen-bond acceptors (Lipinski definition) is 2. The molecule has 0 spiro atoms. The third-order valence-corrected chi connectivity index (χ3v) is 1.67. The number of benzene rings is 1. The highest BCUT2D eigenvalue weighted by molar-refractivity contribution is 6.67. The zero-order chi connectivity index (χ0) is 7.90. The molecule has 2 nitrogen and oxygen atoms in total. The summed E-state index contributed by atoms with van der Waals surface area (Å²) < 4.78 is 11.1. The molecular weight excluding hydrogens is 139 g/mol. The van der Waals surface area contributed by atoms with Crippen molar-refractivity contribution in [3.8, 4) is 11.5 Å². The van der Waals surface area contributed by atoms with Crippen LogP contribution in [0.3, 0.4) is 0 Å². The van der Waals surface area contributed by atoms with Crippen molar-refractivity contribution < 1.29 is 9.31 Å². The standard InChI is InChI=1S/C8H10BO2/c1-9(2)10-7-5-3-4-6-8(7)11-9/h3-6H,1-2H3/q-1. The normalized spacial score (nSPS) is 18.4. The summed E-state index contributed by atoms with van der Waals surface area (Å²) in [5, 5.41) is 0. The van der Waals surface area contributed by atoms with Gasteiger partial charge in [-0.1, -0.05) is 12.1 Å². The molecule has 1 aromatic carbocycles. The Hall–Kier alpha value is -1.12. The van der Waals surface area contributed by atoms with Gasteiger partial charge in [0.1, 0.15) is 11.5 Å². The van der Waals surface area contributed by atoms with Crippen LogP contribution < -0.4 is 9.31 Å². The molecule has 1 heterocycles. The zero-order valence-corrected chi connectivity index (χ0v) is 6.70. The molecule has 11 heavy (non-hydrogen) atoms. The molecule has 0 saturated carbocycles. The lowest BCUT2D eigenvalue weighted by Gasteiger charge is -2.24. The molecule has 1 aromatic rings. The van der Waals surface area contributed by atoms with Crippen molar-refractivity contribution in [3.63, 3.8) is 0 Å². The third kappa shape index (κ3) is 1.07. The first kappa shape index (κ1) is 6.59. The lowest BCUT2D eigenvalue weighted by molar-refractivity contribution is 0.474. The van der Waals surface area contributed by atoms with Gasteiger partial charge in [0, 0.05) is 0 Å². The Bertz CT molecular complexity index is 256. The van der Waals surface area contributed by atoms with Crippen LogP contribution >= 0.6 is 0 Å². The van der Waals surface area contributed by atoms with Crippen molar-refractivity contribution in [2.75, 3.05) is 0 Å². The predicted octanol–water partition coefficient (Wildman–Crippen LogP) is 2.16. The van der Waals surface area contributed by atoms with Crippen molar-refractivity contribution >= 4 is 6.55 Å². The third-order valence-electron chi connectivity index (χ3n) is 1.67. The van der Waals surface area contributed by atoms with Crippen LogP contribution in [0.4, 0.5) is 0 Å². The first-order valence-corrected chi connectivity index (χ1v) is 3.86. The van der Waals surface area contributed by atoms with E-state index in [1.165, 1.54) is 0 Å². The summed E-state index contributed by atoms with van der Waals surface area (Å²) in [6.07, 6.45) is 0. The lowest BCUT2D eigenvalue weighted by atomic mass is 9.64. The summed E-state index contributed by atoms with van der Waals surface area (Å²) in [5.41, 5.74) is 0. The second kappa shape index (κ2) is 1.94. The minimum Gasteiger partial charge on any atom is -0.681 e. The molecule has 0 amide bonds. The Morgan fingerprint density at radius 1 is 1.00 bits per heavy atom. The predicted molar refractivity (Wildman–Crippen MR) is 45.2 cm³/mol. The number of para-hydroxylation sites is 2. The van der Waals surface area contributed by atoms with E-state index >= 15 is 0 Å². The molecule has 0 aliphatic carbocycles. The molecule has 1 aliphatic rings. The maximum Gasteiger partial charge on any atom is 0.340 e. The van der Waals surface area contributed by atoms with Crippen LogP contribution in [0.25, 0.3) is 0 Å². The Labute approximate surface area is 66.1 Å². The number of fused-ring (bicyclic) bond motifs is 1. The van der Waals surface area contributed by atoms with Crippen molar-refractivity contribution in [1.29, 1.82) is 0 Å². The lowest BCUT2D eigenvalue weighted by Crippen LogP contribution is -2.36. The summed E-state index contributed by atoms with van der Waals surface area (Å²) in [6, 6.07) is 7.73. The smallest absolute Gasteiger partial charge is 0.340 e. The molecule has 1 aliphatic heterocycles. The van der Waals surface area contributed by atoms with Crippen LogP contribution in [0.5, 0.6) is 11.5 Å². The van der Waals surface area contributed by atoms with E-state index in [9.17, 15) is 0 Å². The molecule has 0 N–H and O–H groups in total. The van der Waals surface area contributed by atoms with Crippen molar-refractivity contribution in [2.45, 2.75) is 13.6 Å². The second-order valence-electron chi connectivity index (χ2n) is 3.30.